The van der Waals surface area contributed by atoms with Crippen molar-refractivity contribution in [2.24, 2.45) is 5.92 Å². The summed E-state index contributed by atoms with van der Waals surface area (Å²) in [6.45, 7) is -0.216. The first kappa shape index (κ1) is 14.8. The molecular weight excluding hydrogens is 278 g/mol. The number of allylic oxidation sites excluding steroid dienone is 2. The molecule has 0 spiro atoms. The Morgan fingerprint density at radius 2 is 2.09 bits per heavy atom. The number of carbonyl (C=O) groups is 2. The number of hydrogen-bond donors (Lipinski definition) is 1. The van der Waals surface area contributed by atoms with E-state index in [1.54, 1.807) is 0 Å². The summed E-state index contributed by atoms with van der Waals surface area (Å²) in [5.74, 6) is -0.318. The van der Waals surface area contributed by atoms with Crippen molar-refractivity contribution < 1.29 is 14.3 Å². The van der Waals surface area contributed by atoms with Crippen LogP contribution in [0.4, 0.5) is 5.69 Å². The number of fused-ring (bicyclic) bond motifs is 1. The molecule has 0 saturated heterocycles. The van der Waals surface area contributed by atoms with Crippen molar-refractivity contribution in [2.75, 3.05) is 11.9 Å². The Bertz CT molecular complexity index is 606. The van der Waals surface area contributed by atoms with Gasteiger partial charge in [-0.25, -0.2) is 0 Å². The molecule has 0 heterocycles. The molecule has 0 aromatic heterocycles. The second-order valence-electron chi connectivity index (χ2n) is 6.02. The number of rotatable bonds is 5. The van der Waals surface area contributed by atoms with Crippen LogP contribution >= 0.6 is 0 Å². The smallest absolute Gasteiger partial charge is 0.306 e. The van der Waals surface area contributed by atoms with Crippen LogP contribution in [0, 0.1) is 5.92 Å². The fraction of sp³-hybridized carbons (Fsp3) is 0.444. The number of anilines is 1. The van der Waals surface area contributed by atoms with Crippen molar-refractivity contribution in [2.45, 2.75) is 38.5 Å². The van der Waals surface area contributed by atoms with Crippen molar-refractivity contribution in [1.82, 2.24) is 0 Å². The van der Waals surface area contributed by atoms with Gasteiger partial charge >= 0.3 is 5.97 Å². The molecule has 4 nitrogen and oxygen atoms in total. The van der Waals surface area contributed by atoms with E-state index in [0.29, 0.717) is 6.42 Å². The number of esters is 1. The lowest BCUT2D eigenvalue weighted by Crippen LogP contribution is -2.21. The van der Waals surface area contributed by atoms with E-state index in [2.05, 4.69) is 17.5 Å². The zero-order valence-corrected chi connectivity index (χ0v) is 12.6. The van der Waals surface area contributed by atoms with Crippen molar-refractivity contribution in [3.63, 3.8) is 0 Å². The number of aryl methyl sites for hydroxylation is 2. The molecule has 1 N–H and O–H groups in total. The van der Waals surface area contributed by atoms with Crippen LogP contribution < -0.4 is 5.32 Å². The summed E-state index contributed by atoms with van der Waals surface area (Å²) in [6, 6.07) is 5.99. The second kappa shape index (κ2) is 6.77. The molecule has 2 aliphatic rings. The van der Waals surface area contributed by atoms with Crippen LogP contribution in [0.15, 0.2) is 30.4 Å². The number of amides is 1. The van der Waals surface area contributed by atoms with Gasteiger partial charge in [-0.05, 0) is 61.3 Å². The SMILES string of the molecule is O=C(COC(=O)C[C@H]1C=CCC1)Nc1ccc2c(c1)CCC2. The average Bonchev–Trinajstić information content (AvgIpc) is 3.15. The van der Waals surface area contributed by atoms with Gasteiger partial charge in [-0.1, -0.05) is 18.2 Å². The van der Waals surface area contributed by atoms with E-state index in [0.717, 1.165) is 31.4 Å². The largest absolute Gasteiger partial charge is 0.456 e. The molecule has 0 saturated carbocycles. The van der Waals surface area contributed by atoms with Gasteiger partial charge in [0.05, 0.1) is 6.42 Å². The molecule has 1 aromatic rings. The van der Waals surface area contributed by atoms with Gasteiger partial charge in [-0.15, -0.1) is 0 Å². The zero-order valence-electron chi connectivity index (χ0n) is 12.6. The summed E-state index contributed by atoms with van der Waals surface area (Å²) in [7, 11) is 0. The highest BCUT2D eigenvalue weighted by Gasteiger charge is 2.16. The van der Waals surface area contributed by atoms with Crippen LogP contribution in [0.3, 0.4) is 0 Å². The molecule has 116 valence electrons. The Morgan fingerprint density at radius 3 is 2.91 bits per heavy atom. The molecule has 1 aromatic carbocycles. The van der Waals surface area contributed by atoms with Crippen LogP contribution in [0.5, 0.6) is 0 Å². The summed E-state index contributed by atoms with van der Waals surface area (Å²) < 4.78 is 5.05. The highest BCUT2D eigenvalue weighted by Crippen LogP contribution is 2.25. The molecule has 1 amide bonds. The fourth-order valence-electron chi connectivity index (χ4n) is 3.13. The number of carbonyl (C=O) groups excluding carboxylic acids is 2. The first-order valence-corrected chi connectivity index (χ1v) is 7.94. The maximum Gasteiger partial charge on any atom is 0.306 e. The third-order valence-electron chi connectivity index (χ3n) is 4.29. The van der Waals surface area contributed by atoms with E-state index in [1.165, 1.54) is 17.5 Å². The Hall–Kier alpha value is -2.10. The Labute approximate surface area is 130 Å². The molecule has 0 unspecified atom stereocenters. The predicted octanol–water partition coefficient (Wildman–Crippen LogP) is 3.01. The highest BCUT2D eigenvalue weighted by molar-refractivity contribution is 5.92. The van der Waals surface area contributed by atoms with E-state index < -0.39 is 0 Å². The highest BCUT2D eigenvalue weighted by atomic mass is 16.5. The second-order valence-corrected chi connectivity index (χ2v) is 6.02. The van der Waals surface area contributed by atoms with Crippen LogP contribution in [-0.2, 0) is 27.2 Å². The van der Waals surface area contributed by atoms with E-state index in [1.807, 2.05) is 18.2 Å². The number of nitrogens with one attached hydrogen (secondary N) is 1. The van der Waals surface area contributed by atoms with Crippen molar-refractivity contribution >= 4 is 17.6 Å². The van der Waals surface area contributed by atoms with Gasteiger partial charge < -0.3 is 10.1 Å². The molecule has 0 aliphatic heterocycles. The van der Waals surface area contributed by atoms with Crippen molar-refractivity contribution in [3.8, 4) is 0 Å². The minimum Gasteiger partial charge on any atom is -0.456 e. The molecule has 4 heteroatoms. The molecule has 1 atom stereocenters. The topological polar surface area (TPSA) is 55.4 Å². The lowest BCUT2D eigenvalue weighted by Gasteiger charge is -2.09. The van der Waals surface area contributed by atoms with Gasteiger partial charge in [-0.2, -0.15) is 0 Å². The average molecular weight is 299 g/mol. The third-order valence-corrected chi connectivity index (χ3v) is 4.29. The third kappa shape index (κ3) is 3.75. The van der Waals surface area contributed by atoms with Crippen molar-refractivity contribution in [1.29, 1.82) is 0 Å². The minimum atomic E-state index is -0.305. The van der Waals surface area contributed by atoms with Crippen LogP contribution in [0.2, 0.25) is 0 Å². The van der Waals surface area contributed by atoms with Gasteiger partial charge in [0.1, 0.15) is 0 Å². The first-order valence-electron chi connectivity index (χ1n) is 7.94. The Balaban J connectivity index is 1.44. The molecule has 0 fully saturated rings. The number of benzene rings is 1. The normalized spacial score (nSPS) is 19.0. The fourth-order valence-corrected chi connectivity index (χ4v) is 3.13. The monoisotopic (exact) mass is 299 g/mol. The lowest BCUT2D eigenvalue weighted by molar-refractivity contribution is -0.147. The number of hydrogen-bond acceptors (Lipinski definition) is 3. The quantitative estimate of drug-likeness (QED) is 0.671. The van der Waals surface area contributed by atoms with Gasteiger partial charge in [0.2, 0.25) is 0 Å². The minimum absolute atomic E-state index is 0.216. The predicted molar refractivity (Wildman–Crippen MR) is 84.5 cm³/mol. The van der Waals surface area contributed by atoms with Gasteiger partial charge in [0, 0.05) is 5.69 Å². The number of ether oxygens (including phenoxy) is 1. The molecular formula is C18H21NO3. The van der Waals surface area contributed by atoms with E-state index in [4.69, 9.17) is 4.74 Å². The Kier molecular flexibility index (Phi) is 4.56. The molecule has 22 heavy (non-hydrogen) atoms. The maximum absolute atomic E-state index is 11.9. The summed E-state index contributed by atoms with van der Waals surface area (Å²) >= 11 is 0. The van der Waals surface area contributed by atoms with E-state index >= 15 is 0 Å². The van der Waals surface area contributed by atoms with E-state index in [-0.39, 0.29) is 24.4 Å². The van der Waals surface area contributed by atoms with Crippen LogP contribution in [0.1, 0.15) is 36.8 Å². The van der Waals surface area contributed by atoms with Gasteiger partial charge in [0.25, 0.3) is 5.91 Å². The lowest BCUT2D eigenvalue weighted by atomic mass is 10.1. The molecule has 2 aliphatic carbocycles. The summed E-state index contributed by atoms with van der Waals surface area (Å²) in [5, 5.41) is 2.79. The summed E-state index contributed by atoms with van der Waals surface area (Å²) in [4.78, 5) is 23.5. The molecule has 0 bridgehead atoms. The zero-order chi connectivity index (χ0) is 15.4. The van der Waals surface area contributed by atoms with Crippen LogP contribution in [0.25, 0.3) is 0 Å². The standard InChI is InChI=1S/C18H21NO3/c20-17(12-22-18(21)10-13-4-1-2-5-13)19-16-9-8-14-6-3-7-15(14)11-16/h1,4,8-9,11,13H,2-3,5-7,10,12H2,(H,19,20)/t13-/m0/s1. The first-order chi connectivity index (χ1) is 10.7. The van der Waals surface area contributed by atoms with Crippen LogP contribution in [-0.4, -0.2) is 18.5 Å². The van der Waals surface area contributed by atoms with Gasteiger partial charge in [-0.3, -0.25) is 9.59 Å². The molecule has 0 radical (unpaired) electrons. The van der Waals surface area contributed by atoms with Gasteiger partial charge in [0.15, 0.2) is 6.61 Å². The van der Waals surface area contributed by atoms with Crippen molar-refractivity contribution in [3.05, 3.63) is 41.5 Å². The molecule has 3 rings (SSSR count). The summed E-state index contributed by atoms with van der Waals surface area (Å²) in [6.07, 6.45) is 9.89. The Morgan fingerprint density at radius 1 is 1.23 bits per heavy atom. The van der Waals surface area contributed by atoms with E-state index in [9.17, 15) is 9.59 Å². The summed E-state index contributed by atoms with van der Waals surface area (Å²) in [5.41, 5.74) is 3.46. The maximum atomic E-state index is 11.9.